The molecule has 0 unspecified atom stereocenters. The van der Waals surface area contributed by atoms with Crippen LogP contribution in [0.15, 0.2) is 30.3 Å². The van der Waals surface area contributed by atoms with Crippen molar-refractivity contribution in [2.24, 2.45) is 0 Å². The second-order valence-electron chi connectivity index (χ2n) is 4.19. The van der Waals surface area contributed by atoms with E-state index >= 15 is 0 Å². The number of phenolic OH excluding ortho intramolecular Hbond substituents is 1. The maximum Gasteiger partial charge on any atom is 0.328 e. The van der Waals surface area contributed by atoms with Gasteiger partial charge in [0.05, 0.1) is 7.11 Å². The lowest BCUT2D eigenvalue weighted by Gasteiger charge is -2.12. The number of aromatic hydroxyl groups is 1. The average molecular weight is 258 g/mol. The number of hydrogen-bond donors (Lipinski definition) is 2. The maximum atomic E-state index is 10.6. The van der Waals surface area contributed by atoms with E-state index in [2.05, 4.69) is 0 Å². The van der Waals surface area contributed by atoms with E-state index in [1.54, 1.807) is 6.07 Å². The Morgan fingerprint density at radius 3 is 2.74 bits per heavy atom. The molecule has 2 aromatic rings. The molecular formula is C15H14O4. The Morgan fingerprint density at radius 1 is 1.37 bits per heavy atom. The molecule has 2 aromatic carbocycles. The predicted molar refractivity (Wildman–Crippen MR) is 73.6 cm³/mol. The number of fused-ring (bicyclic) bond motifs is 1. The third kappa shape index (κ3) is 2.38. The van der Waals surface area contributed by atoms with Gasteiger partial charge in [0.1, 0.15) is 0 Å². The molecule has 0 aliphatic heterocycles. The molecule has 0 radical (unpaired) electrons. The quantitative estimate of drug-likeness (QED) is 0.830. The summed E-state index contributed by atoms with van der Waals surface area (Å²) in [6.45, 7) is 1.88. The van der Waals surface area contributed by atoms with E-state index in [0.717, 1.165) is 17.0 Å². The molecule has 0 amide bonds. The summed E-state index contributed by atoms with van der Waals surface area (Å²) in [7, 11) is 1.46. The lowest BCUT2D eigenvalue weighted by Crippen LogP contribution is -1.91. The molecule has 0 heterocycles. The lowest BCUT2D eigenvalue weighted by molar-refractivity contribution is -0.131. The van der Waals surface area contributed by atoms with Crippen LogP contribution in [0.2, 0.25) is 0 Å². The molecule has 0 saturated heterocycles. The fourth-order valence-electron chi connectivity index (χ4n) is 2.09. The zero-order chi connectivity index (χ0) is 14.0. The van der Waals surface area contributed by atoms with E-state index in [-0.39, 0.29) is 5.75 Å². The van der Waals surface area contributed by atoms with Crippen LogP contribution in [0.4, 0.5) is 0 Å². The third-order valence-corrected chi connectivity index (χ3v) is 2.97. The zero-order valence-electron chi connectivity index (χ0n) is 10.7. The van der Waals surface area contributed by atoms with Crippen LogP contribution in [0, 0.1) is 6.92 Å². The van der Waals surface area contributed by atoms with Crippen molar-refractivity contribution in [3.8, 4) is 11.5 Å². The van der Waals surface area contributed by atoms with Gasteiger partial charge < -0.3 is 14.9 Å². The summed E-state index contributed by atoms with van der Waals surface area (Å²) in [4.78, 5) is 10.6. The summed E-state index contributed by atoms with van der Waals surface area (Å²) in [6.07, 6.45) is 2.56. The molecule has 0 bridgehead atoms. The number of rotatable bonds is 3. The van der Waals surface area contributed by atoms with Gasteiger partial charge in [0.25, 0.3) is 0 Å². The van der Waals surface area contributed by atoms with Gasteiger partial charge in [0.15, 0.2) is 11.5 Å². The first-order valence-corrected chi connectivity index (χ1v) is 5.75. The van der Waals surface area contributed by atoms with Gasteiger partial charge in [-0.15, -0.1) is 0 Å². The van der Waals surface area contributed by atoms with Crippen LogP contribution >= 0.6 is 0 Å². The first kappa shape index (κ1) is 13.0. The average Bonchev–Trinajstić information content (AvgIpc) is 2.37. The van der Waals surface area contributed by atoms with Crippen LogP contribution in [0.5, 0.6) is 11.5 Å². The van der Waals surface area contributed by atoms with Crippen molar-refractivity contribution in [2.75, 3.05) is 7.11 Å². The van der Waals surface area contributed by atoms with Gasteiger partial charge in [-0.2, -0.15) is 0 Å². The monoisotopic (exact) mass is 258 g/mol. The minimum absolute atomic E-state index is 0.0723. The Kier molecular flexibility index (Phi) is 3.42. The normalized spacial score (nSPS) is 11.1. The number of ether oxygens (including phenoxy) is 1. The van der Waals surface area contributed by atoms with E-state index < -0.39 is 5.97 Å². The zero-order valence-corrected chi connectivity index (χ0v) is 10.7. The molecule has 19 heavy (non-hydrogen) atoms. The highest BCUT2D eigenvalue weighted by Gasteiger charge is 2.12. The smallest absolute Gasteiger partial charge is 0.328 e. The fourth-order valence-corrected chi connectivity index (χ4v) is 2.09. The van der Waals surface area contributed by atoms with Gasteiger partial charge in [0.2, 0.25) is 0 Å². The lowest BCUT2D eigenvalue weighted by atomic mass is 9.99. The molecular weight excluding hydrogens is 244 g/mol. The van der Waals surface area contributed by atoms with Crippen molar-refractivity contribution in [2.45, 2.75) is 6.92 Å². The van der Waals surface area contributed by atoms with Crippen molar-refractivity contribution in [3.05, 3.63) is 41.5 Å². The van der Waals surface area contributed by atoms with Crippen molar-refractivity contribution in [1.82, 2.24) is 0 Å². The second kappa shape index (κ2) is 5.02. The van der Waals surface area contributed by atoms with Gasteiger partial charge in [-0.3, -0.25) is 0 Å². The van der Waals surface area contributed by atoms with Crippen LogP contribution in [-0.4, -0.2) is 23.3 Å². The SMILES string of the molecule is COc1cc(/C=C/C(=O)O)c2cccc(C)c2c1O. The number of carboxylic acid groups (broad SMARTS) is 1. The Balaban J connectivity index is 2.80. The number of hydrogen-bond acceptors (Lipinski definition) is 3. The van der Waals surface area contributed by atoms with E-state index in [1.807, 2.05) is 25.1 Å². The molecule has 2 rings (SSSR count). The Labute approximate surface area is 110 Å². The number of carbonyl (C=O) groups is 1. The van der Waals surface area contributed by atoms with E-state index in [0.29, 0.717) is 16.7 Å². The van der Waals surface area contributed by atoms with Gasteiger partial charge in [0, 0.05) is 11.5 Å². The number of carboxylic acids is 1. The number of benzene rings is 2. The van der Waals surface area contributed by atoms with Crippen LogP contribution in [-0.2, 0) is 4.79 Å². The van der Waals surface area contributed by atoms with Crippen LogP contribution in [0.25, 0.3) is 16.8 Å². The molecule has 0 saturated carbocycles. The van der Waals surface area contributed by atoms with Crippen molar-refractivity contribution < 1.29 is 19.7 Å². The Hall–Kier alpha value is -2.49. The molecule has 4 heteroatoms. The highest BCUT2D eigenvalue weighted by atomic mass is 16.5. The van der Waals surface area contributed by atoms with E-state index in [9.17, 15) is 9.90 Å². The van der Waals surface area contributed by atoms with Gasteiger partial charge in [-0.1, -0.05) is 18.2 Å². The van der Waals surface area contributed by atoms with E-state index in [4.69, 9.17) is 9.84 Å². The molecule has 0 spiro atoms. The highest BCUT2D eigenvalue weighted by molar-refractivity contribution is 6.00. The van der Waals surface area contributed by atoms with Gasteiger partial charge in [-0.05, 0) is 35.6 Å². The Morgan fingerprint density at radius 2 is 2.11 bits per heavy atom. The van der Waals surface area contributed by atoms with Crippen molar-refractivity contribution in [1.29, 1.82) is 0 Å². The van der Waals surface area contributed by atoms with Crippen LogP contribution < -0.4 is 4.74 Å². The summed E-state index contributed by atoms with van der Waals surface area (Å²) in [5.41, 5.74) is 1.59. The standard InChI is InChI=1S/C15H14O4/c1-9-4-3-5-11-10(6-7-13(16)17)8-12(19-2)15(18)14(9)11/h3-8,18H,1-2H3,(H,16,17)/b7-6+. The molecule has 0 aliphatic carbocycles. The fraction of sp³-hybridized carbons (Fsp3) is 0.133. The number of methoxy groups -OCH3 is 1. The maximum absolute atomic E-state index is 10.6. The molecule has 2 N–H and O–H groups in total. The predicted octanol–water partition coefficient (Wildman–Crippen LogP) is 2.96. The summed E-state index contributed by atoms with van der Waals surface area (Å²) < 4.78 is 5.12. The van der Waals surface area contributed by atoms with E-state index in [1.165, 1.54) is 13.2 Å². The summed E-state index contributed by atoms with van der Waals surface area (Å²) in [5, 5.41) is 20.3. The molecule has 4 nitrogen and oxygen atoms in total. The van der Waals surface area contributed by atoms with Gasteiger partial charge in [-0.25, -0.2) is 4.79 Å². The minimum atomic E-state index is -1.02. The molecule has 0 fully saturated rings. The number of aryl methyl sites for hydroxylation is 1. The topological polar surface area (TPSA) is 66.8 Å². The molecule has 0 aliphatic rings. The second-order valence-corrected chi connectivity index (χ2v) is 4.19. The molecule has 0 aromatic heterocycles. The van der Waals surface area contributed by atoms with Gasteiger partial charge >= 0.3 is 5.97 Å². The summed E-state index contributed by atoms with van der Waals surface area (Å²) in [5.74, 6) is -0.622. The van der Waals surface area contributed by atoms with Crippen molar-refractivity contribution >= 4 is 22.8 Å². The number of aliphatic carboxylic acids is 1. The van der Waals surface area contributed by atoms with Crippen LogP contribution in [0.3, 0.4) is 0 Å². The first-order chi connectivity index (χ1) is 9.04. The minimum Gasteiger partial charge on any atom is -0.504 e. The molecule has 98 valence electrons. The number of phenols is 1. The molecule has 0 atom stereocenters. The largest absolute Gasteiger partial charge is 0.504 e. The highest BCUT2D eigenvalue weighted by Crippen LogP contribution is 2.39. The first-order valence-electron chi connectivity index (χ1n) is 5.75. The third-order valence-electron chi connectivity index (χ3n) is 2.97. The summed E-state index contributed by atoms with van der Waals surface area (Å²) in [6, 6.07) is 7.20. The summed E-state index contributed by atoms with van der Waals surface area (Å²) >= 11 is 0. The Bertz CT molecular complexity index is 671. The van der Waals surface area contributed by atoms with Crippen LogP contribution in [0.1, 0.15) is 11.1 Å². The van der Waals surface area contributed by atoms with Crippen molar-refractivity contribution in [3.63, 3.8) is 0 Å².